The van der Waals surface area contributed by atoms with Gasteiger partial charge in [-0.3, -0.25) is 0 Å². The van der Waals surface area contributed by atoms with Crippen molar-refractivity contribution in [3.63, 3.8) is 0 Å². The lowest BCUT2D eigenvalue weighted by Gasteiger charge is -2.05. The summed E-state index contributed by atoms with van der Waals surface area (Å²) in [6, 6.07) is 2.29. The first-order valence-electron chi connectivity index (χ1n) is 3.69. The van der Waals surface area contributed by atoms with Crippen LogP contribution in [0.15, 0.2) is 6.07 Å². The van der Waals surface area contributed by atoms with Crippen LogP contribution in [0.1, 0.15) is 28.2 Å². The van der Waals surface area contributed by atoms with Crippen LogP contribution in [0.2, 0.25) is 0 Å². The molecule has 3 N–H and O–H groups in total. The number of nitrogens with zero attached hydrogens (tertiary/aromatic N) is 2. The number of nitrogen functional groups attached to an aromatic ring is 1. The highest BCUT2D eigenvalue weighted by Crippen LogP contribution is 2.23. The number of pyridine rings is 1. The molecule has 0 saturated carbocycles. The number of halogens is 2. The van der Waals surface area contributed by atoms with Crippen LogP contribution >= 0.6 is 0 Å². The van der Waals surface area contributed by atoms with Gasteiger partial charge in [-0.15, -0.1) is 0 Å². The van der Waals surface area contributed by atoms with E-state index in [1.807, 2.05) is 0 Å². The third-order valence-electron chi connectivity index (χ3n) is 1.63. The van der Waals surface area contributed by atoms with Crippen molar-refractivity contribution in [2.45, 2.75) is 6.43 Å². The summed E-state index contributed by atoms with van der Waals surface area (Å²) in [4.78, 5) is 13.7. The summed E-state index contributed by atoms with van der Waals surface area (Å²) in [6.45, 7) is 0. The van der Waals surface area contributed by atoms with E-state index >= 15 is 0 Å². The number of hydrogen-bond donors (Lipinski definition) is 2. The van der Waals surface area contributed by atoms with Crippen LogP contribution in [0.25, 0.3) is 0 Å². The minimum Gasteiger partial charge on any atom is -0.476 e. The second-order valence-electron chi connectivity index (χ2n) is 2.57. The van der Waals surface area contributed by atoms with E-state index in [9.17, 15) is 13.6 Å². The second-order valence-corrected chi connectivity index (χ2v) is 2.57. The third-order valence-corrected chi connectivity index (χ3v) is 1.63. The summed E-state index contributed by atoms with van der Waals surface area (Å²) in [5, 5.41) is 17.1. The zero-order chi connectivity index (χ0) is 11.6. The number of carboxylic acids is 1. The molecule has 0 aliphatic carbocycles. The van der Waals surface area contributed by atoms with Crippen LogP contribution in [-0.2, 0) is 0 Å². The first-order chi connectivity index (χ1) is 6.97. The predicted octanol–water partition coefficient (Wildman–Crippen LogP) is 1.17. The van der Waals surface area contributed by atoms with Crippen LogP contribution < -0.4 is 5.73 Å². The summed E-state index contributed by atoms with van der Waals surface area (Å²) < 4.78 is 24.5. The molecule has 1 aromatic heterocycles. The van der Waals surface area contributed by atoms with Gasteiger partial charge in [-0.05, 0) is 6.07 Å². The number of nitriles is 1. The van der Waals surface area contributed by atoms with E-state index in [1.54, 1.807) is 0 Å². The normalized spacial score (nSPS) is 10.0. The summed E-state index contributed by atoms with van der Waals surface area (Å²) >= 11 is 0. The molecule has 1 rings (SSSR count). The molecule has 0 saturated heterocycles. The molecule has 0 atom stereocenters. The fraction of sp³-hybridized carbons (Fsp3) is 0.125. The average molecular weight is 213 g/mol. The molecule has 5 nitrogen and oxygen atoms in total. The molecule has 0 amide bonds. The zero-order valence-electron chi connectivity index (χ0n) is 7.24. The molecular formula is C8H5F2N3O2. The average Bonchev–Trinajstić information content (AvgIpc) is 2.17. The van der Waals surface area contributed by atoms with Gasteiger partial charge in [-0.25, -0.2) is 18.6 Å². The Kier molecular flexibility index (Phi) is 2.80. The lowest BCUT2D eigenvalue weighted by Crippen LogP contribution is -2.10. The number of nitrogens with two attached hydrogens (primary N) is 1. The van der Waals surface area contributed by atoms with Crippen LogP contribution in [0, 0.1) is 11.3 Å². The minimum atomic E-state index is -2.95. The van der Waals surface area contributed by atoms with E-state index in [2.05, 4.69) is 4.98 Å². The van der Waals surface area contributed by atoms with E-state index < -0.39 is 29.5 Å². The maximum Gasteiger partial charge on any atom is 0.356 e. The second kappa shape index (κ2) is 3.88. The first kappa shape index (κ1) is 10.8. The van der Waals surface area contributed by atoms with Gasteiger partial charge in [0, 0.05) is 0 Å². The van der Waals surface area contributed by atoms with Crippen molar-refractivity contribution in [2.24, 2.45) is 0 Å². The van der Waals surface area contributed by atoms with Crippen molar-refractivity contribution in [1.29, 1.82) is 5.26 Å². The Bertz CT molecular complexity index is 454. The number of carboxylic acid groups (broad SMARTS) is 1. The smallest absolute Gasteiger partial charge is 0.356 e. The molecule has 0 aromatic carbocycles. The van der Waals surface area contributed by atoms with Gasteiger partial charge >= 0.3 is 5.97 Å². The monoisotopic (exact) mass is 213 g/mol. The van der Waals surface area contributed by atoms with Crippen LogP contribution in [-0.4, -0.2) is 16.1 Å². The van der Waals surface area contributed by atoms with E-state index in [1.165, 1.54) is 6.07 Å². The van der Waals surface area contributed by atoms with Crippen molar-refractivity contribution in [2.75, 3.05) is 5.73 Å². The van der Waals surface area contributed by atoms with Crippen LogP contribution in [0.5, 0.6) is 0 Å². The van der Waals surface area contributed by atoms with E-state index in [4.69, 9.17) is 16.1 Å². The van der Waals surface area contributed by atoms with Gasteiger partial charge in [0.25, 0.3) is 6.43 Å². The number of alkyl halides is 2. The van der Waals surface area contributed by atoms with Gasteiger partial charge < -0.3 is 10.8 Å². The molecule has 15 heavy (non-hydrogen) atoms. The van der Waals surface area contributed by atoms with Crippen molar-refractivity contribution in [3.05, 3.63) is 23.0 Å². The molecule has 0 aliphatic heterocycles. The fourth-order valence-electron chi connectivity index (χ4n) is 0.942. The standard InChI is InChI=1S/C8H5F2N3O2/c9-7(10)4-1-3(2-11)5(12)6(13-4)8(14)15/h1,7H,12H2,(H,14,15). The molecule has 0 bridgehead atoms. The molecule has 0 fully saturated rings. The third kappa shape index (κ3) is 1.99. The Hall–Kier alpha value is -2.23. The Labute approximate surface area is 82.8 Å². The summed E-state index contributed by atoms with van der Waals surface area (Å²) in [7, 11) is 0. The molecule has 1 heterocycles. The van der Waals surface area contributed by atoms with Crippen molar-refractivity contribution >= 4 is 11.7 Å². The van der Waals surface area contributed by atoms with Crippen molar-refractivity contribution < 1.29 is 18.7 Å². The molecule has 78 valence electrons. The summed E-state index contributed by atoms with van der Waals surface area (Å²) in [5.41, 5.74) is 3.01. The highest BCUT2D eigenvalue weighted by Gasteiger charge is 2.19. The van der Waals surface area contributed by atoms with Crippen molar-refractivity contribution in [1.82, 2.24) is 4.98 Å². The Morgan fingerprint density at radius 1 is 1.67 bits per heavy atom. The zero-order valence-corrected chi connectivity index (χ0v) is 7.24. The van der Waals surface area contributed by atoms with Gasteiger partial charge in [-0.1, -0.05) is 0 Å². The topological polar surface area (TPSA) is 100 Å². The molecule has 0 spiro atoms. The number of hydrogen-bond acceptors (Lipinski definition) is 4. The maximum atomic E-state index is 12.3. The van der Waals surface area contributed by atoms with Gasteiger partial charge in [0.2, 0.25) is 0 Å². The molecule has 0 unspecified atom stereocenters. The van der Waals surface area contributed by atoms with E-state index in [0.717, 1.165) is 6.07 Å². The van der Waals surface area contributed by atoms with E-state index in [0.29, 0.717) is 0 Å². The maximum absolute atomic E-state index is 12.3. The number of rotatable bonds is 2. The largest absolute Gasteiger partial charge is 0.476 e. The quantitative estimate of drug-likeness (QED) is 0.767. The minimum absolute atomic E-state index is 0.322. The van der Waals surface area contributed by atoms with Crippen molar-refractivity contribution in [3.8, 4) is 6.07 Å². The SMILES string of the molecule is N#Cc1cc(C(F)F)nc(C(=O)O)c1N. The lowest BCUT2D eigenvalue weighted by atomic mass is 10.1. The Balaban J connectivity index is 3.47. The van der Waals surface area contributed by atoms with Gasteiger partial charge in [0.15, 0.2) is 5.69 Å². The molecule has 0 radical (unpaired) electrons. The first-order valence-corrected chi connectivity index (χ1v) is 3.69. The summed E-state index contributed by atoms with van der Waals surface area (Å²) in [6.07, 6.45) is -2.95. The summed E-state index contributed by atoms with van der Waals surface area (Å²) in [5.74, 6) is -1.55. The number of anilines is 1. The molecular weight excluding hydrogens is 208 g/mol. The Morgan fingerprint density at radius 2 is 2.27 bits per heavy atom. The van der Waals surface area contributed by atoms with Gasteiger partial charge in [-0.2, -0.15) is 5.26 Å². The number of aromatic nitrogens is 1. The fourth-order valence-corrected chi connectivity index (χ4v) is 0.942. The predicted molar refractivity (Wildman–Crippen MR) is 45.3 cm³/mol. The number of carbonyl (C=O) groups is 1. The van der Waals surface area contributed by atoms with Gasteiger partial charge in [0.1, 0.15) is 11.8 Å². The lowest BCUT2D eigenvalue weighted by molar-refractivity contribution is 0.0690. The Morgan fingerprint density at radius 3 is 2.67 bits per heavy atom. The molecule has 0 aliphatic rings. The van der Waals surface area contributed by atoms with Crippen LogP contribution in [0.3, 0.4) is 0 Å². The van der Waals surface area contributed by atoms with Crippen LogP contribution in [0.4, 0.5) is 14.5 Å². The molecule has 7 heteroatoms. The number of aromatic carboxylic acids is 1. The highest BCUT2D eigenvalue weighted by molar-refractivity contribution is 5.92. The molecule has 1 aromatic rings. The van der Waals surface area contributed by atoms with Gasteiger partial charge in [0.05, 0.1) is 11.3 Å². The highest BCUT2D eigenvalue weighted by atomic mass is 19.3. The van der Waals surface area contributed by atoms with E-state index in [-0.39, 0.29) is 5.56 Å².